The number of alkyl halides is 3. The third kappa shape index (κ3) is 5.82. The van der Waals surface area contributed by atoms with Gasteiger partial charge in [0, 0.05) is 0 Å². The van der Waals surface area contributed by atoms with Crippen LogP contribution in [0.15, 0.2) is 30.3 Å². The molecular weight excluding hydrogens is 289 g/mol. The van der Waals surface area contributed by atoms with Crippen LogP contribution in [-0.2, 0) is 15.2 Å². The Morgan fingerprint density at radius 1 is 1.05 bits per heavy atom. The Balaban J connectivity index is 2.51. The van der Waals surface area contributed by atoms with E-state index in [1.54, 1.807) is 30.3 Å². The van der Waals surface area contributed by atoms with E-state index >= 15 is 0 Å². The normalized spacial score (nSPS) is 14.1. The Morgan fingerprint density at radius 2 is 1.52 bits per heavy atom. The fourth-order valence-electron chi connectivity index (χ4n) is 1.49. The van der Waals surface area contributed by atoms with Crippen LogP contribution < -0.4 is 10.6 Å². The average Bonchev–Trinajstić information content (AvgIpc) is 2.42. The SMILES string of the molecule is CC(O)(CNC(=O)C(=O)NCC(F)(F)F)c1ccccc1. The summed E-state index contributed by atoms with van der Waals surface area (Å²) in [5.74, 6) is -2.65. The number of benzene rings is 1. The predicted octanol–water partition coefficient (Wildman–Crippen LogP) is 0.689. The van der Waals surface area contributed by atoms with Crippen LogP contribution in [0.5, 0.6) is 0 Å². The van der Waals surface area contributed by atoms with Crippen molar-refractivity contribution in [2.24, 2.45) is 0 Å². The first-order chi connectivity index (χ1) is 9.62. The molecule has 0 fully saturated rings. The molecule has 0 aliphatic heterocycles. The third-order valence-electron chi connectivity index (χ3n) is 2.64. The van der Waals surface area contributed by atoms with Gasteiger partial charge in [-0.1, -0.05) is 30.3 Å². The molecule has 0 bridgehead atoms. The lowest BCUT2D eigenvalue weighted by Gasteiger charge is -2.24. The molecule has 8 heteroatoms. The van der Waals surface area contributed by atoms with Crippen molar-refractivity contribution in [1.82, 2.24) is 10.6 Å². The molecule has 0 aromatic heterocycles. The van der Waals surface area contributed by atoms with E-state index in [1.807, 2.05) is 0 Å². The lowest BCUT2D eigenvalue weighted by Crippen LogP contribution is -2.47. The number of hydrogen-bond acceptors (Lipinski definition) is 3. The number of hydrogen-bond donors (Lipinski definition) is 3. The van der Waals surface area contributed by atoms with Crippen molar-refractivity contribution < 1.29 is 27.9 Å². The fraction of sp³-hybridized carbons (Fsp3) is 0.385. The van der Waals surface area contributed by atoms with Gasteiger partial charge in [-0.3, -0.25) is 9.59 Å². The van der Waals surface area contributed by atoms with Crippen LogP contribution in [0.2, 0.25) is 0 Å². The van der Waals surface area contributed by atoms with Crippen LogP contribution in [0, 0.1) is 0 Å². The zero-order valence-corrected chi connectivity index (χ0v) is 11.2. The van der Waals surface area contributed by atoms with Gasteiger partial charge in [0.05, 0.1) is 6.54 Å². The van der Waals surface area contributed by atoms with Crippen LogP contribution in [0.1, 0.15) is 12.5 Å². The number of amides is 2. The van der Waals surface area contributed by atoms with Crippen molar-refractivity contribution in [1.29, 1.82) is 0 Å². The summed E-state index contributed by atoms with van der Waals surface area (Å²) < 4.78 is 35.7. The molecule has 2 amide bonds. The minimum Gasteiger partial charge on any atom is -0.384 e. The highest BCUT2D eigenvalue weighted by molar-refractivity contribution is 6.35. The summed E-state index contributed by atoms with van der Waals surface area (Å²) >= 11 is 0. The molecule has 1 unspecified atom stereocenters. The van der Waals surface area contributed by atoms with Crippen molar-refractivity contribution >= 4 is 11.8 Å². The van der Waals surface area contributed by atoms with E-state index in [0.29, 0.717) is 5.56 Å². The van der Waals surface area contributed by atoms with Crippen LogP contribution >= 0.6 is 0 Å². The van der Waals surface area contributed by atoms with Gasteiger partial charge in [0.2, 0.25) is 0 Å². The van der Waals surface area contributed by atoms with Crippen molar-refractivity contribution in [3.05, 3.63) is 35.9 Å². The van der Waals surface area contributed by atoms with E-state index in [9.17, 15) is 27.9 Å². The second-order valence-corrected chi connectivity index (χ2v) is 4.62. The first-order valence-electron chi connectivity index (χ1n) is 6.02. The van der Waals surface area contributed by atoms with Gasteiger partial charge >= 0.3 is 18.0 Å². The molecule has 3 N–H and O–H groups in total. The maximum Gasteiger partial charge on any atom is 0.405 e. The highest BCUT2D eigenvalue weighted by Crippen LogP contribution is 2.18. The molecular formula is C13H15F3N2O3. The minimum atomic E-state index is -4.59. The minimum absolute atomic E-state index is 0.310. The molecule has 1 atom stereocenters. The molecule has 0 spiro atoms. The highest BCUT2D eigenvalue weighted by atomic mass is 19.4. The van der Waals surface area contributed by atoms with E-state index in [4.69, 9.17) is 0 Å². The van der Waals surface area contributed by atoms with E-state index in [2.05, 4.69) is 5.32 Å². The molecule has 0 saturated heterocycles. The standard InChI is InChI=1S/C13H15F3N2O3/c1-12(21,9-5-3-2-4-6-9)7-17-10(19)11(20)18-8-13(14,15)16/h2-6,21H,7-8H2,1H3,(H,17,19)(H,18,20). The Bertz CT molecular complexity index is 501. The summed E-state index contributed by atoms with van der Waals surface area (Å²) in [5, 5.41) is 13.7. The van der Waals surface area contributed by atoms with Crippen molar-refractivity contribution in [3.8, 4) is 0 Å². The van der Waals surface area contributed by atoms with Crippen molar-refractivity contribution in [2.75, 3.05) is 13.1 Å². The smallest absolute Gasteiger partial charge is 0.384 e. The van der Waals surface area contributed by atoms with Gasteiger partial charge in [0.1, 0.15) is 12.1 Å². The summed E-state index contributed by atoms with van der Waals surface area (Å²) in [6.45, 7) is -0.486. The number of halogens is 3. The van der Waals surface area contributed by atoms with Crippen molar-refractivity contribution in [2.45, 2.75) is 18.7 Å². The molecule has 0 aliphatic carbocycles. The first-order valence-corrected chi connectivity index (χ1v) is 6.02. The molecule has 21 heavy (non-hydrogen) atoms. The molecule has 0 saturated carbocycles. The molecule has 5 nitrogen and oxygen atoms in total. The van der Waals surface area contributed by atoms with Crippen LogP contribution in [0.4, 0.5) is 13.2 Å². The van der Waals surface area contributed by atoms with E-state index in [-0.39, 0.29) is 6.54 Å². The topological polar surface area (TPSA) is 78.4 Å². The van der Waals surface area contributed by atoms with Gasteiger partial charge in [-0.2, -0.15) is 13.2 Å². The molecule has 1 aromatic carbocycles. The second kappa shape index (κ2) is 6.57. The van der Waals surface area contributed by atoms with Gasteiger partial charge in [-0.25, -0.2) is 0 Å². The number of nitrogens with one attached hydrogen (secondary N) is 2. The summed E-state index contributed by atoms with van der Waals surface area (Å²) in [5.41, 5.74) is -0.942. The Morgan fingerprint density at radius 3 is 2.00 bits per heavy atom. The van der Waals surface area contributed by atoms with E-state index in [1.165, 1.54) is 12.2 Å². The summed E-state index contributed by atoms with van der Waals surface area (Å²) in [6, 6.07) is 8.35. The summed E-state index contributed by atoms with van der Waals surface area (Å²) in [6.07, 6.45) is -4.59. The van der Waals surface area contributed by atoms with Gasteiger partial charge < -0.3 is 15.7 Å². The zero-order chi connectivity index (χ0) is 16.1. The number of carbonyl (C=O) groups is 2. The molecule has 0 radical (unpaired) electrons. The number of rotatable bonds is 4. The summed E-state index contributed by atoms with van der Waals surface area (Å²) in [4.78, 5) is 22.5. The largest absolute Gasteiger partial charge is 0.405 e. The number of aliphatic hydroxyl groups is 1. The molecule has 1 rings (SSSR count). The maximum absolute atomic E-state index is 11.9. The quantitative estimate of drug-likeness (QED) is 0.716. The second-order valence-electron chi connectivity index (χ2n) is 4.62. The Hall–Kier alpha value is -2.09. The van der Waals surface area contributed by atoms with E-state index in [0.717, 1.165) is 0 Å². The lowest BCUT2D eigenvalue weighted by atomic mass is 9.96. The zero-order valence-electron chi connectivity index (χ0n) is 11.2. The maximum atomic E-state index is 11.9. The van der Waals surface area contributed by atoms with Gasteiger partial charge in [0.15, 0.2) is 0 Å². The molecule has 0 heterocycles. The van der Waals surface area contributed by atoms with E-state index < -0.39 is 30.1 Å². The van der Waals surface area contributed by atoms with Gasteiger partial charge in [-0.15, -0.1) is 0 Å². The van der Waals surface area contributed by atoms with Gasteiger partial charge in [0.25, 0.3) is 0 Å². The van der Waals surface area contributed by atoms with Gasteiger partial charge in [-0.05, 0) is 12.5 Å². The lowest BCUT2D eigenvalue weighted by molar-refractivity contribution is -0.146. The predicted molar refractivity (Wildman–Crippen MR) is 68.1 cm³/mol. The fourth-order valence-corrected chi connectivity index (χ4v) is 1.49. The third-order valence-corrected chi connectivity index (χ3v) is 2.64. The van der Waals surface area contributed by atoms with Crippen LogP contribution in [0.25, 0.3) is 0 Å². The highest BCUT2D eigenvalue weighted by Gasteiger charge is 2.30. The molecule has 1 aromatic rings. The molecule has 0 aliphatic rings. The van der Waals surface area contributed by atoms with Crippen molar-refractivity contribution in [3.63, 3.8) is 0 Å². The Kier molecular flexibility index (Phi) is 5.31. The van der Waals surface area contributed by atoms with Crippen LogP contribution in [0.3, 0.4) is 0 Å². The molecule has 116 valence electrons. The first kappa shape index (κ1) is 17.0. The summed E-state index contributed by atoms with van der Waals surface area (Å²) in [7, 11) is 0. The average molecular weight is 304 g/mol. The number of carbonyl (C=O) groups excluding carboxylic acids is 2. The van der Waals surface area contributed by atoms with Crippen LogP contribution in [-0.4, -0.2) is 36.2 Å². The Labute approximate surface area is 119 Å². The monoisotopic (exact) mass is 304 g/mol.